The highest BCUT2D eigenvalue weighted by Gasteiger charge is 2.43. The normalized spacial score (nSPS) is 15.5. The maximum absolute atomic E-state index is 10.8. The van der Waals surface area contributed by atoms with Crippen LogP contribution < -0.4 is 5.32 Å². The molecule has 2 aromatic carbocycles. The molecule has 3 rings (SSSR count). The zero-order valence-electron chi connectivity index (χ0n) is 12.2. The predicted molar refractivity (Wildman–Crippen MR) is 90.2 cm³/mol. The Morgan fingerprint density at radius 3 is 2.50 bits per heavy atom. The maximum atomic E-state index is 10.8. The van der Waals surface area contributed by atoms with Gasteiger partial charge >= 0.3 is 5.97 Å². The molecule has 2 N–H and O–H groups in total. The average molecular weight is 360 g/mol. The van der Waals surface area contributed by atoms with Gasteiger partial charge in [-0.15, -0.1) is 0 Å². The first-order chi connectivity index (χ1) is 10.6. The molecule has 1 aliphatic carbocycles. The summed E-state index contributed by atoms with van der Waals surface area (Å²) in [6, 6.07) is 15.6. The van der Waals surface area contributed by atoms with Gasteiger partial charge in [-0.1, -0.05) is 40.2 Å². The van der Waals surface area contributed by atoms with Crippen LogP contribution in [0.5, 0.6) is 0 Å². The Balaban J connectivity index is 1.58. The Morgan fingerprint density at radius 1 is 1.18 bits per heavy atom. The second-order valence-corrected chi connectivity index (χ2v) is 6.81. The van der Waals surface area contributed by atoms with E-state index < -0.39 is 5.97 Å². The van der Waals surface area contributed by atoms with Gasteiger partial charge in [0.1, 0.15) is 0 Å². The van der Waals surface area contributed by atoms with Gasteiger partial charge in [0.25, 0.3) is 0 Å². The van der Waals surface area contributed by atoms with Gasteiger partial charge in [0.2, 0.25) is 0 Å². The minimum Gasteiger partial charge on any atom is -0.478 e. The van der Waals surface area contributed by atoms with Crippen LogP contribution in [-0.4, -0.2) is 17.6 Å². The number of rotatable bonds is 6. The lowest BCUT2D eigenvalue weighted by Crippen LogP contribution is -2.26. The molecular weight excluding hydrogens is 342 g/mol. The van der Waals surface area contributed by atoms with Crippen molar-refractivity contribution in [3.63, 3.8) is 0 Å². The Kier molecular flexibility index (Phi) is 4.32. The van der Waals surface area contributed by atoms with Crippen molar-refractivity contribution in [1.29, 1.82) is 0 Å². The first kappa shape index (κ1) is 15.3. The molecule has 1 saturated carbocycles. The van der Waals surface area contributed by atoms with Crippen LogP contribution in [0.15, 0.2) is 53.0 Å². The number of carboxylic acids is 1. The molecule has 3 nitrogen and oxygen atoms in total. The quantitative estimate of drug-likeness (QED) is 0.820. The molecule has 22 heavy (non-hydrogen) atoms. The van der Waals surface area contributed by atoms with Crippen molar-refractivity contribution >= 4 is 21.9 Å². The molecule has 0 atom stereocenters. The molecular formula is C18H18BrNO2. The fourth-order valence-electron chi connectivity index (χ4n) is 2.75. The topological polar surface area (TPSA) is 49.3 Å². The van der Waals surface area contributed by atoms with E-state index in [1.165, 1.54) is 18.4 Å². The number of carboxylic acid groups (broad SMARTS) is 1. The molecule has 114 valence electrons. The molecule has 1 fully saturated rings. The Hall–Kier alpha value is -1.65. The number of hydrogen-bond donors (Lipinski definition) is 2. The summed E-state index contributed by atoms with van der Waals surface area (Å²) in [4.78, 5) is 10.8. The van der Waals surface area contributed by atoms with Crippen LogP contribution in [0, 0.1) is 0 Å². The number of carbonyl (C=O) groups is 1. The second-order valence-electron chi connectivity index (χ2n) is 5.90. The average Bonchev–Trinajstić information content (AvgIpc) is 3.29. The van der Waals surface area contributed by atoms with Crippen molar-refractivity contribution in [2.45, 2.75) is 24.8 Å². The van der Waals surface area contributed by atoms with Gasteiger partial charge in [0.05, 0.1) is 5.56 Å². The van der Waals surface area contributed by atoms with Gasteiger partial charge in [-0.3, -0.25) is 0 Å². The third-order valence-electron chi connectivity index (χ3n) is 4.28. The van der Waals surface area contributed by atoms with E-state index >= 15 is 0 Å². The third kappa shape index (κ3) is 3.39. The number of halogens is 1. The van der Waals surface area contributed by atoms with E-state index in [-0.39, 0.29) is 5.41 Å². The summed E-state index contributed by atoms with van der Waals surface area (Å²) < 4.78 is 1.13. The zero-order valence-corrected chi connectivity index (χ0v) is 13.8. The molecule has 0 unspecified atom stereocenters. The fraction of sp³-hybridized carbons (Fsp3) is 0.278. The fourth-order valence-corrected chi connectivity index (χ4v) is 3.15. The lowest BCUT2D eigenvalue weighted by atomic mass is 9.96. The zero-order chi connectivity index (χ0) is 15.6. The summed E-state index contributed by atoms with van der Waals surface area (Å²) in [6.07, 6.45) is 2.43. The Morgan fingerprint density at radius 2 is 1.91 bits per heavy atom. The van der Waals surface area contributed by atoms with Crippen molar-refractivity contribution < 1.29 is 9.90 Å². The van der Waals surface area contributed by atoms with Gasteiger partial charge < -0.3 is 10.4 Å². The van der Waals surface area contributed by atoms with E-state index in [0.717, 1.165) is 23.1 Å². The molecule has 4 heteroatoms. The molecule has 0 aromatic heterocycles. The number of nitrogens with one attached hydrogen (secondary N) is 1. The molecule has 1 aliphatic rings. The molecule has 0 saturated heterocycles. The van der Waals surface area contributed by atoms with Crippen molar-refractivity contribution in [3.8, 4) is 0 Å². The van der Waals surface area contributed by atoms with E-state index in [9.17, 15) is 4.79 Å². The Labute approximate surface area is 138 Å². The summed E-state index contributed by atoms with van der Waals surface area (Å²) in [5, 5.41) is 12.4. The summed E-state index contributed by atoms with van der Waals surface area (Å²) in [6.45, 7) is 1.71. The first-order valence-corrected chi connectivity index (χ1v) is 8.17. The molecule has 0 aliphatic heterocycles. The molecule has 0 heterocycles. The van der Waals surface area contributed by atoms with Crippen LogP contribution in [-0.2, 0) is 12.0 Å². The van der Waals surface area contributed by atoms with Crippen LogP contribution in [0.3, 0.4) is 0 Å². The van der Waals surface area contributed by atoms with Crippen LogP contribution in [0.4, 0.5) is 0 Å². The van der Waals surface area contributed by atoms with Gasteiger partial charge in [0.15, 0.2) is 0 Å². The molecule has 0 amide bonds. The highest BCUT2D eigenvalue weighted by atomic mass is 79.9. The van der Waals surface area contributed by atoms with E-state index in [0.29, 0.717) is 5.56 Å². The first-order valence-electron chi connectivity index (χ1n) is 7.38. The van der Waals surface area contributed by atoms with Gasteiger partial charge in [0, 0.05) is 23.0 Å². The van der Waals surface area contributed by atoms with Crippen LogP contribution in [0.25, 0.3) is 0 Å². The Bertz CT molecular complexity index is 678. The van der Waals surface area contributed by atoms with E-state index in [4.69, 9.17) is 5.11 Å². The van der Waals surface area contributed by atoms with E-state index in [2.05, 4.69) is 45.5 Å². The smallest absolute Gasteiger partial charge is 0.335 e. The molecule has 2 aromatic rings. The van der Waals surface area contributed by atoms with Gasteiger partial charge in [-0.2, -0.15) is 0 Å². The highest BCUT2D eigenvalue weighted by Crippen LogP contribution is 2.48. The number of aromatic carboxylic acids is 1. The minimum atomic E-state index is -0.883. The summed E-state index contributed by atoms with van der Waals surface area (Å²) in [7, 11) is 0. The number of benzene rings is 2. The predicted octanol–water partition coefficient (Wildman–Crippen LogP) is 3.97. The minimum absolute atomic E-state index is 0.269. The van der Waals surface area contributed by atoms with Crippen molar-refractivity contribution in [3.05, 3.63) is 69.7 Å². The van der Waals surface area contributed by atoms with Crippen molar-refractivity contribution in [2.24, 2.45) is 0 Å². The van der Waals surface area contributed by atoms with Crippen LogP contribution in [0.1, 0.15) is 34.3 Å². The molecule has 0 bridgehead atoms. The third-order valence-corrected chi connectivity index (χ3v) is 4.78. The molecule has 0 radical (unpaired) electrons. The van der Waals surface area contributed by atoms with Crippen molar-refractivity contribution in [2.75, 3.05) is 6.54 Å². The summed E-state index contributed by atoms with van der Waals surface area (Å²) in [5.74, 6) is -0.883. The largest absolute Gasteiger partial charge is 0.478 e. The van der Waals surface area contributed by atoms with Gasteiger partial charge in [-0.25, -0.2) is 4.79 Å². The van der Waals surface area contributed by atoms with Crippen LogP contribution >= 0.6 is 15.9 Å². The lowest BCUT2D eigenvalue weighted by Gasteiger charge is -2.17. The monoisotopic (exact) mass is 359 g/mol. The molecule has 0 spiro atoms. The second kappa shape index (κ2) is 6.23. The lowest BCUT2D eigenvalue weighted by molar-refractivity contribution is 0.0697. The van der Waals surface area contributed by atoms with Gasteiger partial charge in [-0.05, 0) is 48.2 Å². The standard InChI is InChI=1S/C18H18BrNO2/c19-16-3-1-2-15(10-16)18(8-9-18)12-20-11-13-4-6-14(7-5-13)17(21)22/h1-7,10,20H,8-9,11-12H2,(H,21,22). The van der Waals surface area contributed by atoms with E-state index in [1.54, 1.807) is 12.1 Å². The maximum Gasteiger partial charge on any atom is 0.335 e. The van der Waals surface area contributed by atoms with Crippen LogP contribution in [0.2, 0.25) is 0 Å². The summed E-state index contributed by atoms with van der Waals surface area (Å²) >= 11 is 3.54. The van der Waals surface area contributed by atoms with E-state index in [1.807, 2.05) is 12.1 Å². The SMILES string of the molecule is O=C(O)c1ccc(CNCC2(c3cccc(Br)c3)CC2)cc1. The van der Waals surface area contributed by atoms with Crippen molar-refractivity contribution in [1.82, 2.24) is 5.32 Å². The summed E-state index contributed by atoms with van der Waals surface area (Å²) in [5.41, 5.74) is 3.09. The number of hydrogen-bond acceptors (Lipinski definition) is 2. The highest BCUT2D eigenvalue weighted by molar-refractivity contribution is 9.10.